The molecule has 0 bridgehead atoms. The first-order valence-corrected chi connectivity index (χ1v) is 8.07. The van der Waals surface area contributed by atoms with Crippen molar-refractivity contribution >= 4 is 11.9 Å². The van der Waals surface area contributed by atoms with Gasteiger partial charge in [0.1, 0.15) is 11.6 Å². The Kier molecular flexibility index (Phi) is 6.66. The summed E-state index contributed by atoms with van der Waals surface area (Å²) in [6, 6.07) is 8.59. The minimum absolute atomic E-state index is 0.0787. The molecule has 0 saturated heterocycles. The molecule has 0 spiro atoms. The molecule has 0 aliphatic carbocycles. The summed E-state index contributed by atoms with van der Waals surface area (Å²) in [6.07, 6.45) is 3.33. The normalized spacial score (nSPS) is 10.9. The number of hydrogen-bond donors (Lipinski definition) is 0. The number of esters is 2. The van der Waals surface area contributed by atoms with E-state index in [1.165, 1.54) is 30.5 Å². The van der Waals surface area contributed by atoms with Crippen molar-refractivity contribution in [1.29, 1.82) is 0 Å². The average molecular weight is 361 g/mol. The minimum atomic E-state index is -1.23. The lowest BCUT2D eigenvalue weighted by Crippen LogP contribution is -2.40. The quantitative estimate of drug-likeness (QED) is 0.531. The summed E-state index contributed by atoms with van der Waals surface area (Å²) in [7, 11) is 0. The Morgan fingerprint density at radius 2 is 1.77 bits per heavy atom. The molecule has 6 nitrogen and oxygen atoms in total. The van der Waals surface area contributed by atoms with Crippen LogP contribution in [-0.2, 0) is 14.3 Å². The van der Waals surface area contributed by atoms with Gasteiger partial charge in [-0.1, -0.05) is 0 Å². The highest BCUT2D eigenvalue weighted by Crippen LogP contribution is 2.20. The van der Waals surface area contributed by atoms with Crippen LogP contribution in [0.4, 0.5) is 4.39 Å². The summed E-state index contributed by atoms with van der Waals surface area (Å²) in [5, 5.41) is 0. The van der Waals surface area contributed by atoms with Gasteiger partial charge >= 0.3 is 11.9 Å². The molecule has 7 heteroatoms. The molecule has 1 heterocycles. The standard InChI is InChI=1S/C19H20FNO5/c1-19(2,26-16-8-6-15(20)7-9-16)18(23)25-12-4-11-24-17(22)14-5-3-10-21-13-14/h3,5-10,13H,4,11-12H2,1-2H3. The number of aromatic nitrogens is 1. The van der Waals surface area contributed by atoms with Crippen molar-refractivity contribution in [2.75, 3.05) is 13.2 Å². The number of nitrogens with zero attached hydrogens (tertiary/aromatic N) is 1. The van der Waals surface area contributed by atoms with Gasteiger partial charge in [-0.2, -0.15) is 0 Å². The smallest absolute Gasteiger partial charge is 0.349 e. The average Bonchev–Trinajstić information content (AvgIpc) is 2.63. The highest BCUT2D eigenvalue weighted by molar-refractivity contribution is 5.88. The number of rotatable bonds is 8. The first-order chi connectivity index (χ1) is 12.4. The van der Waals surface area contributed by atoms with Crippen LogP contribution < -0.4 is 4.74 Å². The molecule has 0 aliphatic heterocycles. The summed E-state index contributed by atoms with van der Waals surface area (Å²) in [5.41, 5.74) is -0.872. The Labute approximate surface area is 150 Å². The number of hydrogen-bond acceptors (Lipinski definition) is 6. The Morgan fingerprint density at radius 3 is 2.42 bits per heavy atom. The number of pyridine rings is 1. The monoisotopic (exact) mass is 361 g/mol. The van der Waals surface area contributed by atoms with Crippen molar-refractivity contribution in [3.63, 3.8) is 0 Å². The van der Waals surface area contributed by atoms with Crippen molar-refractivity contribution in [3.05, 3.63) is 60.2 Å². The predicted molar refractivity (Wildman–Crippen MR) is 91.2 cm³/mol. The lowest BCUT2D eigenvalue weighted by atomic mass is 10.1. The Balaban J connectivity index is 1.70. The lowest BCUT2D eigenvalue weighted by molar-refractivity contribution is -0.159. The van der Waals surface area contributed by atoms with Gasteiger partial charge in [0.25, 0.3) is 0 Å². The van der Waals surface area contributed by atoms with Crippen molar-refractivity contribution in [1.82, 2.24) is 4.98 Å². The molecular formula is C19H20FNO5. The van der Waals surface area contributed by atoms with Crippen LogP contribution in [0.5, 0.6) is 5.75 Å². The summed E-state index contributed by atoms with van der Waals surface area (Å²) in [6.45, 7) is 3.30. The summed E-state index contributed by atoms with van der Waals surface area (Å²) in [5.74, 6) is -1.08. The van der Waals surface area contributed by atoms with Gasteiger partial charge in [0.2, 0.25) is 0 Å². The number of carbonyl (C=O) groups is 2. The second-order valence-electron chi connectivity index (χ2n) is 5.93. The van der Waals surface area contributed by atoms with Crippen LogP contribution in [-0.4, -0.2) is 35.7 Å². The van der Waals surface area contributed by atoms with Gasteiger partial charge in [-0.3, -0.25) is 4.98 Å². The van der Waals surface area contributed by atoms with E-state index in [1.807, 2.05) is 0 Å². The van der Waals surface area contributed by atoms with E-state index in [0.29, 0.717) is 17.7 Å². The molecule has 0 fully saturated rings. The maximum Gasteiger partial charge on any atom is 0.349 e. The topological polar surface area (TPSA) is 74.7 Å². The highest BCUT2D eigenvalue weighted by Gasteiger charge is 2.31. The van der Waals surface area contributed by atoms with Crippen LogP contribution in [0.2, 0.25) is 0 Å². The van der Waals surface area contributed by atoms with E-state index < -0.39 is 23.4 Å². The molecule has 1 aromatic carbocycles. The zero-order valence-electron chi connectivity index (χ0n) is 14.6. The van der Waals surface area contributed by atoms with Crippen molar-refractivity contribution < 1.29 is 28.2 Å². The van der Waals surface area contributed by atoms with Gasteiger partial charge in [-0.25, -0.2) is 14.0 Å². The van der Waals surface area contributed by atoms with E-state index >= 15 is 0 Å². The number of halogens is 1. The van der Waals surface area contributed by atoms with Crippen LogP contribution in [0, 0.1) is 5.82 Å². The molecule has 2 aromatic rings. The van der Waals surface area contributed by atoms with Gasteiger partial charge in [-0.05, 0) is 50.2 Å². The molecule has 2 rings (SSSR count). The fourth-order valence-electron chi connectivity index (χ4n) is 1.97. The molecular weight excluding hydrogens is 341 g/mol. The van der Waals surface area contributed by atoms with E-state index in [2.05, 4.69) is 4.98 Å². The lowest BCUT2D eigenvalue weighted by Gasteiger charge is -2.24. The largest absolute Gasteiger partial charge is 0.476 e. The van der Waals surface area contributed by atoms with Crippen molar-refractivity contribution in [2.24, 2.45) is 0 Å². The molecule has 0 saturated carbocycles. The maximum absolute atomic E-state index is 12.9. The number of ether oxygens (including phenoxy) is 3. The van der Waals surface area contributed by atoms with Crippen LogP contribution in [0.25, 0.3) is 0 Å². The van der Waals surface area contributed by atoms with Gasteiger partial charge < -0.3 is 14.2 Å². The highest BCUT2D eigenvalue weighted by atomic mass is 19.1. The molecule has 138 valence electrons. The summed E-state index contributed by atoms with van der Waals surface area (Å²) >= 11 is 0. The Bertz CT molecular complexity index is 731. The first kappa shape index (κ1) is 19.4. The molecule has 0 amide bonds. The van der Waals surface area contributed by atoms with E-state index in [-0.39, 0.29) is 13.2 Å². The molecule has 0 radical (unpaired) electrons. The zero-order valence-corrected chi connectivity index (χ0v) is 14.6. The van der Waals surface area contributed by atoms with Crippen LogP contribution in [0.15, 0.2) is 48.8 Å². The van der Waals surface area contributed by atoms with E-state index in [9.17, 15) is 14.0 Å². The van der Waals surface area contributed by atoms with Gasteiger partial charge in [-0.15, -0.1) is 0 Å². The van der Waals surface area contributed by atoms with Gasteiger partial charge in [0, 0.05) is 18.8 Å². The number of benzene rings is 1. The molecule has 0 atom stereocenters. The molecule has 0 unspecified atom stereocenters. The predicted octanol–water partition coefficient (Wildman–Crippen LogP) is 3.17. The summed E-state index contributed by atoms with van der Waals surface area (Å²) in [4.78, 5) is 27.7. The van der Waals surface area contributed by atoms with Crippen LogP contribution in [0.1, 0.15) is 30.6 Å². The maximum atomic E-state index is 12.9. The number of carbonyl (C=O) groups excluding carboxylic acids is 2. The summed E-state index contributed by atoms with van der Waals surface area (Å²) < 4.78 is 28.6. The SMILES string of the molecule is CC(C)(Oc1ccc(F)cc1)C(=O)OCCCOC(=O)c1cccnc1. The molecule has 26 heavy (non-hydrogen) atoms. The fraction of sp³-hybridized carbons (Fsp3) is 0.316. The molecule has 0 aliphatic rings. The van der Waals surface area contributed by atoms with Crippen LogP contribution >= 0.6 is 0 Å². The van der Waals surface area contributed by atoms with E-state index in [1.54, 1.807) is 32.2 Å². The second kappa shape index (κ2) is 8.94. The first-order valence-electron chi connectivity index (χ1n) is 8.07. The van der Waals surface area contributed by atoms with E-state index in [4.69, 9.17) is 14.2 Å². The van der Waals surface area contributed by atoms with Crippen LogP contribution in [0.3, 0.4) is 0 Å². The van der Waals surface area contributed by atoms with Crippen molar-refractivity contribution in [3.8, 4) is 5.75 Å². The van der Waals surface area contributed by atoms with Crippen molar-refractivity contribution in [2.45, 2.75) is 25.9 Å². The molecule has 1 aromatic heterocycles. The second-order valence-corrected chi connectivity index (χ2v) is 5.93. The third kappa shape index (κ3) is 5.84. The Hall–Kier alpha value is -2.96. The molecule has 0 N–H and O–H groups in total. The van der Waals surface area contributed by atoms with E-state index in [0.717, 1.165) is 0 Å². The minimum Gasteiger partial charge on any atom is -0.476 e. The third-order valence-electron chi connectivity index (χ3n) is 3.33. The fourth-order valence-corrected chi connectivity index (χ4v) is 1.97. The third-order valence-corrected chi connectivity index (χ3v) is 3.33. The zero-order chi connectivity index (χ0) is 19.0. The Morgan fingerprint density at radius 1 is 1.08 bits per heavy atom. The van der Waals surface area contributed by atoms with Gasteiger partial charge in [0.05, 0.1) is 18.8 Å². The van der Waals surface area contributed by atoms with Gasteiger partial charge in [0.15, 0.2) is 5.60 Å².